The Balaban J connectivity index is 2.35. The average Bonchev–Trinajstić information content (AvgIpc) is 2.47. The third-order valence-electron chi connectivity index (χ3n) is 2.78. The van der Waals surface area contributed by atoms with Gasteiger partial charge in [-0.15, -0.1) is 0 Å². The number of para-hydroxylation sites is 1. The lowest BCUT2D eigenvalue weighted by Crippen LogP contribution is -2.52. The molecule has 2 atom stereocenters. The summed E-state index contributed by atoms with van der Waals surface area (Å²) in [5.74, 6) is -0.961. The number of alkyl halides is 3. The lowest BCUT2D eigenvalue weighted by molar-refractivity contribution is -0.138. The smallest absolute Gasteiger partial charge is 0.290 e. The molecule has 0 aliphatic carbocycles. The molecule has 0 fully saturated rings. The number of halogens is 3. The molecule has 0 saturated carbocycles. The zero-order valence-corrected chi connectivity index (χ0v) is 15.2. The number of fused-ring (bicyclic) bond motifs is 1. The van der Waals surface area contributed by atoms with Crippen LogP contribution in [-0.4, -0.2) is 34.4 Å². The van der Waals surface area contributed by atoms with E-state index in [4.69, 9.17) is 44.4 Å². The third-order valence-corrected chi connectivity index (χ3v) is 4.58. The summed E-state index contributed by atoms with van der Waals surface area (Å²) in [5.41, 5.74) is -0.335. The van der Waals surface area contributed by atoms with Gasteiger partial charge in [0.15, 0.2) is 5.44 Å². The number of hydrogen-bond donors (Lipinski definition) is 1. The summed E-state index contributed by atoms with van der Waals surface area (Å²) in [6, 6.07) is 7.03. The first-order valence-electron chi connectivity index (χ1n) is 6.37. The number of nitrogens with one attached hydrogen (secondary N) is 1. The molecule has 1 aliphatic rings. The Morgan fingerprint density at radius 3 is 2.61 bits per heavy atom. The second-order valence-electron chi connectivity index (χ2n) is 4.51. The van der Waals surface area contributed by atoms with Gasteiger partial charge in [0.25, 0.3) is 5.91 Å². The second kappa shape index (κ2) is 7.46. The Hall–Kier alpha value is -0.700. The van der Waals surface area contributed by atoms with E-state index in [0.717, 1.165) is 9.96 Å². The van der Waals surface area contributed by atoms with Crippen LogP contribution in [0.4, 0.5) is 5.69 Å². The van der Waals surface area contributed by atoms with Gasteiger partial charge in [-0.25, -0.2) is 4.84 Å². The molecule has 0 saturated heterocycles. The Labute approximate surface area is 152 Å². The Morgan fingerprint density at radius 2 is 2.04 bits per heavy atom. The molecule has 2 rings (SSSR count). The van der Waals surface area contributed by atoms with Gasteiger partial charge in [0, 0.05) is 18.9 Å². The van der Waals surface area contributed by atoms with Crippen molar-refractivity contribution in [3.05, 3.63) is 24.3 Å². The summed E-state index contributed by atoms with van der Waals surface area (Å²) in [5, 5.41) is 3.33. The van der Waals surface area contributed by atoms with Crippen LogP contribution in [-0.2, 0) is 19.2 Å². The van der Waals surface area contributed by atoms with Crippen LogP contribution >= 0.6 is 46.6 Å². The van der Waals surface area contributed by atoms with Crippen LogP contribution in [0.5, 0.6) is 0 Å². The van der Waals surface area contributed by atoms with Gasteiger partial charge in [0.05, 0.1) is 5.69 Å². The molecule has 23 heavy (non-hydrogen) atoms. The van der Waals surface area contributed by atoms with E-state index < -0.39 is 27.3 Å². The summed E-state index contributed by atoms with van der Waals surface area (Å²) in [6.07, 6.45) is -1.36. The van der Waals surface area contributed by atoms with Crippen molar-refractivity contribution in [3.63, 3.8) is 0 Å². The number of carbonyl (C=O) groups is 2. The van der Waals surface area contributed by atoms with Crippen LogP contribution in [0.3, 0.4) is 0 Å². The molecular weight excluding hydrogens is 387 g/mol. The van der Waals surface area contributed by atoms with Crippen LogP contribution in [0.15, 0.2) is 29.2 Å². The fourth-order valence-corrected chi connectivity index (χ4v) is 3.06. The van der Waals surface area contributed by atoms with Gasteiger partial charge in [0.1, 0.15) is 0 Å². The van der Waals surface area contributed by atoms with Gasteiger partial charge in [0.2, 0.25) is 15.9 Å². The predicted molar refractivity (Wildman–Crippen MR) is 89.6 cm³/mol. The third kappa shape index (κ3) is 4.43. The maximum absolute atomic E-state index is 12.5. The molecule has 2 unspecified atom stereocenters. The molecule has 2 amide bonds. The first-order chi connectivity index (χ1) is 10.7. The predicted octanol–water partition coefficient (Wildman–Crippen LogP) is 2.86. The fourth-order valence-electron chi connectivity index (χ4n) is 1.82. The minimum Gasteiger partial charge on any atom is -0.360 e. The summed E-state index contributed by atoms with van der Waals surface area (Å²) < 4.78 is 3.17. The van der Waals surface area contributed by atoms with E-state index in [-0.39, 0.29) is 0 Å². The highest BCUT2D eigenvalue weighted by Gasteiger charge is 2.42. The Morgan fingerprint density at radius 1 is 1.39 bits per heavy atom. The molecule has 6 nitrogen and oxygen atoms in total. The van der Waals surface area contributed by atoms with Gasteiger partial charge in [-0.2, -0.15) is 5.06 Å². The zero-order chi connectivity index (χ0) is 17.2. The van der Waals surface area contributed by atoms with Gasteiger partial charge in [-0.1, -0.05) is 58.7 Å². The zero-order valence-electron chi connectivity index (χ0n) is 12.1. The number of anilines is 1. The van der Waals surface area contributed by atoms with Crippen LogP contribution in [0.2, 0.25) is 0 Å². The van der Waals surface area contributed by atoms with Crippen molar-refractivity contribution in [1.82, 2.24) is 5.32 Å². The lowest BCUT2D eigenvalue weighted by atomic mass is 10.3. The largest absolute Gasteiger partial charge is 0.360 e. The van der Waals surface area contributed by atoms with E-state index in [1.165, 1.54) is 25.8 Å². The number of ether oxygens (including phenoxy) is 1. The quantitative estimate of drug-likeness (QED) is 0.623. The number of hydrogen-bond acceptors (Lipinski definition) is 5. The first kappa shape index (κ1) is 18.6. The summed E-state index contributed by atoms with van der Waals surface area (Å²) in [6.45, 7) is 1.24. The molecule has 1 aromatic rings. The van der Waals surface area contributed by atoms with Crippen molar-refractivity contribution in [2.75, 3.05) is 12.2 Å². The number of methoxy groups -OCH3 is 1. The van der Waals surface area contributed by atoms with E-state index in [2.05, 4.69) is 5.32 Å². The monoisotopic (exact) mass is 398 g/mol. The standard InChI is InChI=1S/C13H13Cl3N2O4S/c1-7(19)17-12(13(14,15)16)22-18-8-5-3-4-6-9(8)23-11(21-2)10(18)20/h3-6,11-12H,1-2H3,(H,17,19). The van der Waals surface area contributed by atoms with Crippen molar-refractivity contribution >= 4 is 64.1 Å². The summed E-state index contributed by atoms with van der Waals surface area (Å²) >= 11 is 18.7. The van der Waals surface area contributed by atoms with Gasteiger partial charge in [-0.3, -0.25) is 9.59 Å². The summed E-state index contributed by atoms with van der Waals surface area (Å²) in [7, 11) is 1.40. The van der Waals surface area contributed by atoms with E-state index in [9.17, 15) is 9.59 Å². The number of carbonyl (C=O) groups excluding carboxylic acids is 2. The molecule has 1 aliphatic heterocycles. The van der Waals surface area contributed by atoms with Crippen LogP contribution in [0, 0.1) is 0 Å². The van der Waals surface area contributed by atoms with Crippen molar-refractivity contribution in [2.24, 2.45) is 0 Å². The molecule has 1 N–H and O–H groups in total. The number of thioether (sulfide) groups is 1. The Kier molecular flexibility index (Phi) is 6.05. The normalized spacial score (nSPS) is 19.3. The minimum atomic E-state index is -1.98. The topological polar surface area (TPSA) is 67.9 Å². The van der Waals surface area contributed by atoms with Gasteiger partial charge < -0.3 is 10.1 Å². The molecule has 0 radical (unpaired) electrons. The molecule has 126 valence electrons. The second-order valence-corrected chi connectivity index (χ2v) is 7.99. The van der Waals surface area contributed by atoms with Crippen molar-refractivity contribution in [2.45, 2.75) is 27.3 Å². The fraction of sp³-hybridized carbons (Fsp3) is 0.385. The molecule has 10 heteroatoms. The van der Waals surface area contributed by atoms with Crippen molar-refractivity contribution in [3.8, 4) is 0 Å². The van der Waals surface area contributed by atoms with Gasteiger partial charge >= 0.3 is 0 Å². The van der Waals surface area contributed by atoms with E-state index in [0.29, 0.717) is 5.69 Å². The highest BCUT2D eigenvalue weighted by Crippen LogP contribution is 2.41. The first-order valence-corrected chi connectivity index (χ1v) is 8.38. The number of nitrogens with zero attached hydrogens (tertiary/aromatic N) is 1. The minimum absolute atomic E-state index is 0.473. The SMILES string of the molecule is COC1Sc2ccccc2N(OC(NC(C)=O)C(Cl)(Cl)Cl)C1=O. The number of amides is 2. The number of hydroxylamine groups is 1. The average molecular weight is 400 g/mol. The highest BCUT2D eigenvalue weighted by atomic mass is 35.6. The molecule has 0 bridgehead atoms. The Bertz CT molecular complexity index is 611. The van der Waals surface area contributed by atoms with E-state index >= 15 is 0 Å². The molecule has 1 aromatic carbocycles. The van der Waals surface area contributed by atoms with E-state index in [1.54, 1.807) is 18.2 Å². The molecule has 1 heterocycles. The van der Waals surface area contributed by atoms with Crippen molar-refractivity contribution < 1.29 is 19.2 Å². The number of benzene rings is 1. The molecule has 0 spiro atoms. The van der Waals surface area contributed by atoms with Crippen LogP contribution in [0.25, 0.3) is 0 Å². The van der Waals surface area contributed by atoms with Crippen LogP contribution < -0.4 is 10.4 Å². The maximum Gasteiger partial charge on any atom is 0.290 e. The van der Waals surface area contributed by atoms with Gasteiger partial charge in [-0.05, 0) is 12.1 Å². The lowest BCUT2D eigenvalue weighted by Gasteiger charge is -2.35. The maximum atomic E-state index is 12.5. The van der Waals surface area contributed by atoms with Crippen molar-refractivity contribution in [1.29, 1.82) is 0 Å². The number of rotatable bonds is 4. The summed E-state index contributed by atoms with van der Waals surface area (Å²) in [4.78, 5) is 30.0. The highest BCUT2D eigenvalue weighted by molar-refractivity contribution is 8.00. The molecular formula is C13H13Cl3N2O4S. The molecule has 0 aromatic heterocycles. The van der Waals surface area contributed by atoms with Crippen LogP contribution in [0.1, 0.15) is 6.92 Å². The van der Waals surface area contributed by atoms with E-state index in [1.807, 2.05) is 6.07 Å².